The number of nitrogens with zero attached hydrogens (tertiary/aromatic N) is 3. The quantitative estimate of drug-likeness (QED) is 0.671. The molecular weight excluding hydrogens is 376 g/mol. The van der Waals surface area contributed by atoms with Gasteiger partial charge < -0.3 is 9.64 Å². The molecule has 1 amide bonds. The Bertz CT molecular complexity index is 767. The summed E-state index contributed by atoms with van der Waals surface area (Å²) in [6.45, 7) is 7.36. The fourth-order valence-corrected chi connectivity index (χ4v) is 4.45. The minimum absolute atomic E-state index is 0.0721. The second-order valence-corrected chi connectivity index (χ2v) is 7.68. The van der Waals surface area contributed by atoms with Gasteiger partial charge in [0, 0.05) is 25.2 Å². The highest BCUT2D eigenvalue weighted by molar-refractivity contribution is 8.14. The summed E-state index contributed by atoms with van der Waals surface area (Å²) in [4.78, 5) is 20.9. The number of aliphatic imine (C=N–C) groups is 1. The Hall–Kier alpha value is -2.10. The summed E-state index contributed by atoms with van der Waals surface area (Å²) >= 11 is 1.37. The highest BCUT2D eigenvalue weighted by Gasteiger charge is 2.43. The lowest BCUT2D eigenvalue weighted by atomic mass is 9.97. The van der Waals surface area contributed by atoms with Crippen molar-refractivity contribution in [2.75, 3.05) is 30.9 Å². The largest absolute Gasteiger partial charge is 0.497 e. The van der Waals surface area contributed by atoms with Crippen LogP contribution in [0, 0.1) is 11.3 Å². The topological polar surface area (TPSA) is 93.1 Å². The second-order valence-electron chi connectivity index (χ2n) is 6.74. The first-order valence-corrected chi connectivity index (χ1v) is 10.5. The highest BCUT2D eigenvalue weighted by Crippen LogP contribution is 2.33. The van der Waals surface area contributed by atoms with Crippen molar-refractivity contribution in [1.82, 2.24) is 15.8 Å². The van der Waals surface area contributed by atoms with Crippen LogP contribution in [-0.2, 0) is 4.79 Å². The number of ether oxygens (including phenoxy) is 1. The molecule has 3 rings (SSSR count). The van der Waals surface area contributed by atoms with Gasteiger partial charge in [0.1, 0.15) is 17.8 Å². The fourth-order valence-electron chi connectivity index (χ4n) is 3.49. The van der Waals surface area contributed by atoms with Crippen molar-refractivity contribution in [3.63, 3.8) is 0 Å². The Morgan fingerprint density at radius 3 is 2.79 bits per heavy atom. The van der Waals surface area contributed by atoms with E-state index in [9.17, 15) is 4.79 Å². The van der Waals surface area contributed by atoms with Crippen molar-refractivity contribution >= 4 is 34.4 Å². The van der Waals surface area contributed by atoms with E-state index in [-0.39, 0.29) is 29.8 Å². The molecule has 3 N–H and O–H groups in total. The molecule has 1 aromatic carbocycles. The number of hydrazine groups is 1. The molecule has 8 nitrogen and oxygen atoms in total. The molecular formula is C19H28N6O2S. The van der Waals surface area contributed by atoms with E-state index >= 15 is 0 Å². The highest BCUT2D eigenvalue weighted by atomic mass is 32.2. The van der Waals surface area contributed by atoms with Gasteiger partial charge in [0.05, 0.1) is 24.5 Å². The smallest absolute Gasteiger partial charge is 0.233 e. The zero-order valence-corrected chi connectivity index (χ0v) is 17.5. The average molecular weight is 405 g/mol. The van der Waals surface area contributed by atoms with E-state index in [1.807, 2.05) is 49.9 Å². The van der Waals surface area contributed by atoms with Crippen molar-refractivity contribution in [1.29, 1.82) is 5.41 Å². The van der Waals surface area contributed by atoms with Gasteiger partial charge in [-0.05, 0) is 32.9 Å². The number of methoxy groups -OCH3 is 1. The van der Waals surface area contributed by atoms with Crippen LogP contribution in [0.25, 0.3) is 0 Å². The molecule has 9 heteroatoms. The van der Waals surface area contributed by atoms with Gasteiger partial charge in [0.2, 0.25) is 5.91 Å². The van der Waals surface area contributed by atoms with Gasteiger partial charge in [0.15, 0.2) is 5.17 Å². The molecule has 1 saturated heterocycles. The van der Waals surface area contributed by atoms with E-state index in [0.29, 0.717) is 29.8 Å². The summed E-state index contributed by atoms with van der Waals surface area (Å²) in [7, 11) is 1.62. The van der Waals surface area contributed by atoms with Crippen molar-refractivity contribution in [3.05, 3.63) is 24.3 Å². The van der Waals surface area contributed by atoms with Crippen LogP contribution in [0.2, 0.25) is 0 Å². The molecule has 152 valence electrons. The molecule has 1 aromatic rings. The van der Waals surface area contributed by atoms with Gasteiger partial charge in [-0.15, -0.1) is 0 Å². The number of fused-ring (bicyclic) bond motifs is 1. The van der Waals surface area contributed by atoms with Crippen molar-refractivity contribution in [2.45, 2.75) is 33.0 Å². The first-order valence-electron chi connectivity index (χ1n) is 9.52. The molecule has 28 heavy (non-hydrogen) atoms. The van der Waals surface area contributed by atoms with Crippen LogP contribution in [0.4, 0.5) is 5.69 Å². The molecule has 0 aromatic heterocycles. The number of nitrogens with one attached hydrogen (secondary N) is 3. The van der Waals surface area contributed by atoms with Crippen molar-refractivity contribution in [3.8, 4) is 5.75 Å². The van der Waals surface area contributed by atoms with Crippen molar-refractivity contribution in [2.24, 2.45) is 10.9 Å². The Kier molecular flexibility index (Phi) is 6.58. The van der Waals surface area contributed by atoms with Gasteiger partial charge in [-0.3, -0.25) is 20.5 Å². The lowest BCUT2D eigenvalue weighted by Gasteiger charge is -2.36. The normalized spacial score (nSPS) is 24.0. The van der Waals surface area contributed by atoms with Crippen LogP contribution < -0.4 is 20.5 Å². The zero-order valence-electron chi connectivity index (χ0n) is 16.7. The Morgan fingerprint density at radius 2 is 2.11 bits per heavy atom. The lowest BCUT2D eigenvalue weighted by Crippen LogP contribution is -2.50. The maximum absolute atomic E-state index is 12.5. The molecule has 3 atom stereocenters. The van der Waals surface area contributed by atoms with Crippen molar-refractivity contribution < 1.29 is 9.53 Å². The number of rotatable bonds is 6. The van der Waals surface area contributed by atoms with E-state index < -0.39 is 0 Å². The summed E-state index contributed by atoms with van der Waals surface area (Å²) < 4.78 is 5.35. The van der Waals surface area contributed by atoms with Gasteiger partial charge in [-0.2, -0.15) is 0 Å². The predicted octanol–water partition coefficient (Wildman–Crippen LogP) is 1.89. The molecule has 0 bridgehead atoms. The van der Waals surface area contributed by atoms with Crippen LogP contribution in [0.1, 0.15) is 20.8 Å². The predicted molar refractivity (Wildman–Crippen MR) is 114 cm³/mol. The number of carbonyl (C=O) groups excluding carboxylic acids is 1. The third-order valence-electron chi connectivity index (χ3n) is 5.09. The van der Waals surface area contributed by atoms with Crippen LogP contribution in [0.5, 0.6) is 5.75 Å². The second kappa shape index (κ2) is 8.93. The standard InChI is InChI=1S/C19H28N6O2S/c1-5-24(6-2)15(26)11-28-19-21-18-16(12(3)22-23-18)17(20)25(19)13-8-7-9-14(10-13)27-4/h7-10,12,16,18,20,22-23H,5-6,11H2,1-4H3. The van der Waals surface area contributed by atoms with Gasteiger partial charge >= 0.3 is 0 Å². The summed E-state index contributed by atoms with van der Waals surface area (Å²) in [5, 5.41) is 9.50. The molecule has 0 saturated carbocycles. The molecule has 0 aliphatic carbocycles. The van der Waals surface area contributed by atoms with E-state index in [2.05, 4.69) is 10.9 Å². The first-order chi connectivity index (χ1) is 13.5. The van der Waals surface area contributed by atoms with E-state index in [4.69, 9.17) is 15.1 Å². The third-order valence-corrected chi connectivity index (χ3v) is 6.03. The Labute approximate surface area is 170 Å². The number of benzene rings is 1. The summed E-state index contributed by atoms with van der Waals surface area (Å²) in [6, 6.07) is 7.66. The zero-order chi connectivity index (χ0) is 20.3. The maximum atomic E-state index is 12.5. The minimum Gasteiger partial charge on any atom is -0.497 e. The summed E-state index contributed by atoms with van der Waals surface area (Å²) in [5.41, 5.74) is 7.14. The molecule has 3 unspecified atom stereocenters. The molecule has 2 heterocycles. The van der Waals surface area contributed by atoms with Crippen LogP contribution >= 0.6 is 11.8 Å². The SMILES string of the molecule is CCN(CC)C(=O)CSC1=NC2NNC(C)C2C(=N)N1c1cccc(OC)c1. The van der Waals surface area contributed by atoms with Crippen LogP contribution in [0.3, 0.4) is 0 Å². The number of hydrogen-bond donors (Lipinski definition) is 3. The lowest BCUT2D eigenvalue weighted by molar-refractivity contribution is -0.127. The molecule has 2 aliphatic rings. The monoisotopic (exact) mass is 404 g/mol. The minimum atomic E-state index is -0.213. The van der Waals surface area contributed by atoms with E-state index in [1.165, 1.54) is 11.8 Å². The number of carbonyl (C=O) groups is 1. The molecule has 0 radical (unpaired) electrons. The Balaban J connectivity index is 1.90. The average Bonchev–Trinajstić information content (AvgIpc) is 3.08. The van der Waals surface area contributed by atoms with Gasteiger partial charge in [-0.1, -0.05) is 17.8 Å². The molecule has 1 fully saturated rings. The van der Waals surface area contributed by atoms with E-state index in [1.54, 1.807) is 12.0 Å². The third kappa shape index (κ3) is 4.01. The van der Waals surface area contributed by atoms with Crippen LogP contribution in [-0.4, -0.2) is 60.0 Å². The fraction of sp³-hybridized carbons (Fsp3) is 0.526. The molecule has 2 aliphatic heterocycles. The molecule has 0 spiro atoms. The van der Waals surface area contributed by atoms with E-state index in [0.717, 1.165) is 5.69 Å². The maximum Gasteiger partial charge on any atom is 0.233 e. The van der Waals surface area contributed by atoms with Gasteiger partial charge in [-0.25, -0.2) is 10.4 Å². The number of hydrogen-bond acceptors (Lipinski definition) is 7. The van der Waals surface area contributed by atoms with Crippen LogP contribution in [0.15, 0.2) is 29.3 Å². The number of thioether (sulfide) groups is 1. The number of amidine groups is 2. The number of amides is 1. The summed E-state index contributed by atoms with van der Waals surface area (Å²) in [6.07, 6.45) is -0.213. The number of anilines is 1. The van der Waals surface area contributed by atoms with Gasteiger partial charge in [0.25, 0.3) is 0 Å². The first kappa shape index (κ1) is 20.6. The summed E-state index contributed by atoms with van der Waals surface area (Å²) in [5.74, 6) is 1.44. The Morgan fingerprint density at radius 1 is 1.36 bits per heavy atom.